The third kappa shape index (κ3) is 13.4. The van der Waals surface area contributed by atoms with Crippen LogP contribution >= 0.6 is 52.2 Å². The molecule has 0 aliphatic heterocycles. The fourth-order valence-electron chi connectivity index (χ4n) is 0.975. The molecule has 0 saturated heterocycles. The molecule has 0 unspecified atom stereocenters. The van der Waals surface area contributed by atoms with Crippen LogP contribution in [-0.4, -0.2) is 11.2 Å². The monoisotopic (exact) mass is 438 g/mol. The number of rotatable bonds is 3. The summed E-state index contributed by atoms with van der Waals surface area (Å²) >= 11 is 9.42. The van der Waals surface area contributed by atoms with Crippen LogP contribution in [0.25, 0.3) is 0 Å². The first-order valence-corrected chi connectivity index (χ1v) is 16.0. The SMILES string of the molecule is CCCC[n+]1ccn(C)c1.[Cl][Al-]([Br])([Br])[Br]. The molecule has 15 heavy (non-hydrogen) atoms. The maximum Gasteiger partial charge on any atom is 0.477 e. The van der Waals surface area contributed by atoms with Gasteiger partial charge in [0.25, 0.3) is 0 Å². The van der Waals surface area contributed by atoms with E-state index >= 15 is 0 Å². The summed E-state index contributed by atoms with van der Waals surface area (Å²) in [5.74, 6) is 0. The molecule has 0 atom stereocenters. The lowest BCUT2D eigenvalue weighted by molar-refractivity contribution is -0.696. The Hall–Kier alpha value is 1.47. The molecular formula is C8H15AlBr3ClN2. The number of nitrogens with zero attached hydrogens (tertiary/aromatic N) is 2. The lowest BCUT2D eigenvalue weighted by atomic mass is 10.3. The molecule has 1 aromatic rings. The lowest BCUT2D eigenvalue weighted by Gasteiger charge is -1.99. The Morgan fingerprint density at radius 1 is 1.40 bits per heavy atom. The highest BCUT2D eigenvalue weighted by Crippen LogP contribution is 2.30. The van der Waals surface area contributed by atoms with Gasteiger partial charge in [0, 0.05) is 0 Å². The van der Waals surface area contributed by atoms with Gasteiger partial charge < -0.3 is 52.2 Å². The number of unbranched alkanes of at least 4 members (excludes halogenated alkanes) is 1. The summed E-state index contributed by atoms with van der Waals surface area (Å²) in [5.41, 5.74) is 0. The van der Waals surface area contributed by atoms with Crippen molar-refractivity contribution < 1.29 is 4.57 Å². The quantitative estimate of drug-likeness (QED) is 0.496. The first kappa shape index (κ1) is 16.5. The van der Waals surface area contributed by atoms with Crippen molar-refractivity contribution in [2.45, 2.75) is 26.3 Å². The summed E-state index contributed by atoms with van der Waals surface area (Å²) in [4.78, 5) is 0. The molecule has 0 spiro atoms. The van der Waals surface area contributed by atoms with Crippen LogP contribution in [0.3, 0.4) is 0 Å². The summed E-state index contributed by atoms with van der Waals surface area (Å²) in [6.07, 6.45) is 8.82. The molecule has 0 aromatic carbocycles. The van der Waals surface area contributed by atoms with Crippen molar-refractivity contribution in [1.29, 1.82) is 0 Å². The topological polar surface area (TPSA) is 8.81 Å². The van der Waals surface area contributed by atoms with Gasteiger partial charge in [-0.2, -0.15) is 0 Å². The zero-order valence-electron chi connectivity index (χ0n) is 8.84. The molecule has 1 heterocycles. The van der Waals surface area contributed by atoms with E-state index in [1.807, 2.05) is 7.05 Å². The van der Waals surface area contributed by atoms with Gasteiger partial charge in [-0.15, -0.1) is 0 Å². The van der Waals surface area contributed by atoms with Gasteiger partial charge in [0.15, 0.2) is 0 Å². The molecule has 0 saturated carbocycles. The molecule has 0 bridgehead atoms. The average molecular weight is 441 g/mol. The van der Waals surface area contributed by atoms with Gasteiger partial charge in [0.1, 0.15) is 12.4 Å². The van der Waals surface area contributed by atoms with E-state index in [-0.39, 0.29) is 0 Å². The molecule has 1 rings (SSSR count). The first-order valence-electron chi connectivity index (χ1n) is 4.71. The molecule has 1 aromatic heterocycles. The Balaban J connectivity index is 0.000000336. The Labute approximate surface area is 119 Å². The fraction of sp³-hybridized carbons (Fsp3) is 0.625. The predicted octanol–water partition coefficient (Wildman–Crippen LogP) is 3.96. The number of aromatic nitrogens is 2. The van der Waals surface area contributed by atoms with Crippen LogP contribution in [0.15, 0.2) is 18.7 Å². The van der Waals surface area contributed by atoms with Crippen LogP contribution in [-0.2, 0) is 13.6 Å². The van der Waals surface area contributed by atoms with Crippen molar-refractivity contribution in [3.8, 4) is 0 Å². The van der Waals surface area contributed by atoms with Gasteiger partial charge in [0.2, 0.25) is 6.33 Å². The van der Waals surface area contributed by atoms with Crippen molar-refractivity contribution >= 4 is 58.9 Å². The highest BCUT2D eigenvalue weighted by molar-refractivity contribution is 9.74. The van der Waals surface area contributed by atoms with Crippen LogP contribution in [0, 0.1) is 0 Å². The maximum absolute atomic E-state index is 5.45. The van der Waals surface area contributed by atoms with Gasteiger partial charge in [-0.3, -0.25) is 0 Å². The second-order valence-electron chi connectivity index (χ2n) is 3.17. The van der Waals surface area contributed by atoms with Crippen LogP contribution in [0.4, 0.5) is 0 Å². The van der Waals surface area contributed by atoms with Gasteiger partial charge in [-0.25, -0.2) is 9.13 Å². The van der Waals surface area contributed by atoms with Gasteiger partial charge in [-0.1, -0.05) is 13.3 Å². The number of hydrogen-bond donors (Lipinski definition) is 0. The Morgan fingerprint density at radius 2 is 1.93 bits per heavy atom. The minimum absolute atomic E-state index is 1.15. The molecular weight excluding hydrogens is 426 g/mol. The van der Waals surface area contributed by atoms with E-state index in [0.717, 1.165) is 6.54 Å². The minimum atomic E-state index is -1.92. The van der Waals surface area contributed by atoms with E-state index in [1.54, 1.807) is 0 Å². The molecule has 88 valence electrons. The Morgan fingerprint density at radius 3 is 2.27 bits per heavy atom. The van der Waals surface area contributed by atoms with Crippen molar-refractivity contribution in [3.05, 3.63) is 18.7 Å². The molecule has 0 N–H and O–H groups in total. The fourth-order valence-corrected chi connectivity index (χ4v) is 0.975. The number of halogens is 4. The third-order valence-electron chi connectivity index (χ3n) is 1.59. The van der Waals surface area contributed by atoms with Crippen LogP contribution in [0.2, 0.25) is 0 Å². The van der Waals surface area contributed by atoms with Crippen molar-refractivity contribution in [3.63, 3.8) is 0 Å². The van der Waals surface area contributed by atoms with Crippen molar-refractivity contribution in [1.82, 2.24) is 4.57 Å². The smallest absolute Gasteiger partial charge is 0.405 e. The number of imidazole rings is 1. The largest absolute Gasteiger partial charge is 0.477 e. The number of hydrogen-bond acceptors (Lipinski definition) is 0. The van der Waals surface area contributed by atoms with E-state index in [1.165, 1.54) is 12.8 Å². The highest BCUT2D eigenvalue weighted by atomic mass is 80.0. The molecule has 0 aliphatic carbocycles. The van der Waals surface area contributed by atoms with Crippen LogP contribution in [0.5, 0.6) is 0 Å². The standard InChI is InChI=1S/C8H15N2.Al.3BrH.ClH/c1-3-4-5-10-7-6-9(2)8-10;;;;;/h6-8H,3-5H2,1-2H3;;4*1H/q+1;+3;;;;/p-4. The molecule has 7 heteroatoms. The van der Waals surface area contributed by atoms with Crippen molar-refractivity contribution in [2.75, 3.05) is 0 Å². The summed E-state index contributed by atoms with van der Waals surface area (Å²) in [5, 5.41) is 0. The van der Waals surface area contributed by atoms with E-state index in [4.69, 9.17) is 10.0 Å². The summed E-state index contributed by atoms with van der Waals surface area (Å²) in [6, 6.07) is 0. The predicted molar refractivity (Wildman–Crippen MR) is 78.9 cm³/mol. The summed E-state index contributed by atoms with van der Waals surface area (Å²) in [6.45, 7) is 1.44. The van der Waals surface area contributed by atoms with E-state index in [9.17, 15) is 0 Å². The Kier molecular flexibility index (Phi) is 9.39. The zero-order chi connectivity index (χ0) is 11.9. The minimum Gasteiger partial charge on any atom is -0.405 e. The van der Waals surface area contributed by atoms with Gasteiger partial charge in [-0.05, 0) is 6.42 Å². The molecule has 0 fully saturated rings. The second kappa shape index (κ2) is 8.55. The molecule has 0 radical (unpaired) electrons. The first-order chi connectivity index (χ1) is 6.83. The zero-order valence-corrected chi connectivity index (χ0v) is 15.5. The second-order valence-corrected chi connectivity index (χ2v) is 34.3. The van der Waals surface area contributed by atoms with E-state index in [0.29, 0.717) is 0 Å². The highest BCUT2D eigenvalue weighted by Gasteiger charge is 2.10. The molecule has 2 nitrogen and oxygen atoms in total. The van der Waals surface area contributed by atoms with Crippen LogP contribution < -0.4 is 4.57 Å². The molecule has 0 amide bonds. The van der Waals surface area contributed by atoms with Crippen LogP contribution in [0.1, 0.15) is 19.8 Å². The van der Waals surface area contributed by atoms with Crippen molar-refractivity contribution in [2.24, 2.45) is 7.05 Å². The number of aryl methyl sites for hydroxylation is 2. The van der Waals surface area contributed by atoms with E-state index < -0.39 is 6.68 Å². The lowest BCUT2D eigenvalue weighted by Crippen LogP contribution is -2.30. The summed E-state index contributed by atoms with van der Waals surface area (Å²) in [7, 11) is 7.49. The normalized spacial score (nSPS) is 10.8. The average Bonchev–Trinajstić information content (AvgIpc) is 2.45. The van der Waals surface area contributed by atoms with Gasteiger partial charge >= 0.3 is 6.68 Å². The Bertz CT molecular complexity index is 269. The molecule has 0 aliphatic rings. The van der Waals surface area contributed by atoms with E-state index in [2.05, 4.69) is 76.9 Å². The third-order valence-corrected chi connectivity index (χ3v) is 1.59. The summed E-state index contributed by atoms with van der Waals surface area (Å²) < 4.78 is 4.28. The van der Waals surface area contributed by atoms with Gasteiger partial charge in [0.05, 0.1) is 13.6 Å². The maximum atomic E-state index is 5.45.